The molecular formula is C16H22N4. The van der Waals surface area contributed by atoms with E-state index in [2.05, 4.69) is 65.6 Å². The van der Waals surface area contributed by atoms with E-state index in [4.69, 9.17) is 0 Å². The molecule has 0 atom stereocenters. The van der Waals surface area contributed by atoms with Gasteiger partial charge in [-0.25, -0.2) is 4.98 Å². The van der Waals surface area contributed by atoms with Gasteiger partial charge < -0.3 is 10.6 Å². The number of nitrogens with zero attached hydrogens (tertiary/aromatic N) is 2. The van der Waals surface area contributed by atoms with E-state index in [9.17, 15) is 0 Å². The molecule has 4 nitrogen and oxygen atoms in total. The third kappa shape index (κ3) is 3.70. The summed E-state index contributed by atoms with van der Waals surface area (Å²) < 4.78 is 0. The highest BCUT2D eigenvalue weighted by Crippen LogP contribution is 2.24. The molecule has 2 rings (SSSR count). The van der Waals surface area contributed by atoms with Gasteiger partial charge in [-0.05, 0) is 30.0 Å². The third-order valence-electron chi connectivity index (χ3n) is 3.02. The molecule has 1 aromatic heterocycles. The largest absolute Gasteiger partial charge is 0.369 e. The molecule has 0 unspecified atom stereocenters. The molecule has 4 heteroatoms. The van der Waals surface area contributed by atoms with Crippen LogP contribution in [0.3, 0.4) is 0 Å². The van der Waals surface area contributed by atoms with Gasteiger partial charge in [-0.3, -0.25) is 4.98 Å². The summed E-state index contributed by atoms with van der Waals surface area (Å²) >= 11 is 0. The van der Waals surface area contributed by atoms with Crippen LogP contribution in [0.4, 0.5) is 17.3 Å². The molecule has 1 aromatic carbocycles. The molecule has 0 aliphatic heterocycles. The van der Waals surface area contributed by atoms with Crippen molar-refractivity contribution >= 4 is 17.3 Å². The van der Waals surface area contributed by atoms with Gasteiger partial charge in [0.05, 0.1) is 12.4 Å². The maximum atomic E-state index is 4.44. The zero-order valence-electron chi connectivity index (χ0n) is 12.6. The van der Waals surface area contributed by atoms with Gasteiger partial charge in [0.2, 0.25) is 0 Å². The van der Waals surface area contributed by atoms with E-state index < -0.39 is 0 Å². The Morgan fingerprint density at radius 2 is 1.65 bits per heavy atom. The Morgan fingerprint density at radius 3 is 2.25 bits per heavy atom. The highest BCUT2D eigenvalue weighted by molar-refractivity contribution is 5.57. The Bertz CT molecular complexity index is 555. The lowest BCUT2D eigenvalue weighted by Crippen LogP contribution is -2.10. The third-order valence-corrected chi connectivity index (χ3v) is 3.02. The molecule has 0 aliphatic carbocycles. The van der Waals surface area contributed by atoms with E-state index in [0.717, 1.165) is 23.9 Å². The summed E-state index contributed by atoms with van der Waals surface area (Å²) in [5.74, 6) is 1.52. The van der Waals surface area contributed by atoms with Crippen molar-refractivity contribution in [2.45, 2.75) is 33.1 Å². The molecule has 106 valence electrons. The zero-order valence-corrected chi connectivity index (χ0v) is 12.6. The second-order valence-electron chi connectivity index (χ2n) is 5.77. The van der Waals surface area contributed by atoms with Gasteiger partial charge in [0.25, 0.3) is 0 Å². The Balaban J connectivity index is 2.12. The minimum atomic E-state index is 0.170. The van der Waals surface area contributed by atoms with Crippen LogP contribution in [0.15, 0.2) is 36.7 Å². The van der Waals surface area contributed by atoms with Crippen molar-refractivity contribution in [3.05, 3.63) is 42.2 Å². The van der Waals surface area contributed by atoms with E-state index in [-0.39, 0.29) is 5.41 Å². The predicted octanol–water partition coefficient (Wildman–Crippen LogP) is 3.95. The molecule has 2 aromatic rings. The molecule has 0 aliphatic rings. The highest BCUT2D eigenvalue weighted by Gasteiger charge is 2.12. The summed E-state index contributed by atoms with van der Waals surface area (Å²) in [5, 5.41) is 6.42. The first kappa shape index (κ1) is 14.3. The summed E-state index contributed by atoms with van der Waals surface area (Å²) in [4.78, 5) is 8.61. The summed E-state index contributed by atoms with van der Waals surface area (Å²) in [6.07, 6.45) is 3.44. The number of hydrogen-bond donors (Lipinski definition) is 2. The van der Waals surface area contributed by atoms with Crippen molar-refractivity contribution in [1.29, 1.82) is 0 Å². The zero-order chi connectivity index (χ0) is 14.6. The van der Waals surface area contributed by atoms with Crippen molar-refractivity contribution in [2.75, 3.05) is 17.2 Å². The molecular weight excluding hydrogens is 248 g/mol. The first-order valence-electron chi connectivity index (χ1n) is 6.92. The second kappa shape index (κ2) is 5.90. The van der Waals surface area contributed by atoms with E-state index in [1.165, 1.54) is 5.56 Å². The van der Waals surface area contributed by atoms with Crippen LogP contribution in [-0.4, -0.2) is 16.5 Å². The van der Waals surface area contributed by atoms with E-state index >= 15 is 0 Å². The second-order valence-corrected chi connectivity index (χ2v) is 5.77. The van der Waals surface area contributed by atoms with Crippen LogP contribution in [-0.2, 0) is 5.41 Å². The van der Waals surface area contributed by atoms with Crippen LogP contribution in [0, 0.1) is 0 Å². The molecule has 0 spiro atoms. The lowest BCUT2D eigenvalue weighted by atomic mass is 9.87. The summed E-state index contributed by atoms with van der Waals surface area (Å²) in [5.41, 5.74) is 2.50. The monoisotopic (exact) mass is 270 g/mol. The van der Waals surface area contributed by atoms with Gasteiger partial charge in [0.1, 0.15) is 5.82 Å². The average molecular weight is 270 g/mol. The molecule has 0 fully saturated rings. The molecule has 0 saturated heterocycles. The fourth-order valence-corrected chi connectivity index (χ4v) is 1.89. The van der Waals surface area contributed by atoms with Crippen LogP contribution >= 0.6 is 0 Å². The number of hydrogen-bond acceptors (Lipinski definition) is 4. The molecule has 0 radical (unpaired) electrons. The van der Waals surface area contributed by atoms with Crippen molar-refractivity contribution in [3.8, 4) is 0 Å². The minimum absolute atomic E-state index is 0.170. The SMILES string of the molecule is CCNc1cncc(Nc2ccc(C(C)(C)C)cc2)n1. The van der Waals surface area contributed by atoms with E-state index in [0.29, 0.717) is 0 Å². The normalized spacial score (nSPS) is 11.2. The number of rotatable bonds is 4. The molecule has 20 heavy (non-hydrogen) atoms. The van der Waals surface area contributed by atoms with Gasteiger partial charge in [0.15, 0.2) is 5.82 Å². The Morgan fingerprint density at radius 1 is 1.00 bits per heavy atom. The van der Waals surface area contributed by atoms with Gasteiger partial charge in [-0.1, -0.05) is 32.9 Å². The first-order valence-corrected chi connectivity index (χ1v) is 6.92. The van der Waals surface area contributed by atoms with Crippen molar-refractivity contribution in [2.24, 2.45) is 0 Å². The quantitative estimate of drug-likeness (QED) is 0.883. The maximum Gasteiger partial charge on any atom is 0.151 e. The van der Waals surface area contributed by atoms with Gasteiger partial charge in [-0.2, -0.15) is 0 Å². The fraction of sp³-hybridized carbons (Fsp3) is 0.375. The van der Waals surface area contributed by atoms with Crippen LogP contribution in [0.1, 0.15) is 33.3 Å². The van der Waals surface area contributed by atoms with Crippen molar-refractivity contribution < 1.29 is 0 Å². The van der Waals surface area contributed by atoms with Crippen LogP contribution in [0.25, 0.3) is 0 Å². The standard InChI is InChI=1S/C16H22N4/c1-5-18-14-10-17-11-15(20-14)19-13-8-6-12(7-9-13)16(2,3)4/h6-11H,5H2,1-4H3,(H2,18,19,20). The van der Waals surface area contributed by atoms with Gasteiger partial charge in [-0.15, -0.1) is 0 Å². The lowest BCUT2D eigenvalue weighted by molar-refractivity contribution is 0.590. The summed E-state index contributed by atoms with van der Waals surface area (Å²) in [7, 11) is 0. The minimum Gasteiger partial charge on any atom is -0.369 e. The molecule has 1 heterocycles. The number of benzene rings is 1. The Hall–Kier alpha value is -2.10. The predicted molar refractivity (Wildman–Crippen MR) is 84.6 cm³/mol. The van der Waals surface area contributed by atoms with Crippen molar-refractivity contribution in [3.63, 3.8) is 0 Å². The smallest absolute Gasteiger partial charge is 0.151 e. The molecule has 0 bridgehead atoms. The van der Waals surface area contributed by atoms with Crippen LogP contribution < -0.4 is 10.6 Å². The topological polar surface area (TPSA) is 49.8 Å². The van der Waals surface area contributed by atoms with Crippen LogP contribution in [0.5, 0.6) is 0 Å². The summed E-state index contributed by atoms with van der Waals surface area (Å²) in [6, 6.07) is 8.43. The molecule has 2 N–H and O–H groups in total. The van der Waals surface area contributed by atoms with E-state index in [1.807, 2.05) is 6.92 Å². The maximum absolute atomic E-state index is 4.44. The van der Waals surface area contributed by atoms with Crippen LogP contribution in [0.2, 0.25) is 0 Å². The van der Waals surface area contributed by atoms with Crippen molar-refractivity contribution in [1.82, 2.24) is 9.97 Å². The van der Waals surface area contributed by atoms with E-state index in [1.54, 1.807) is 12.4 Å². The number of aromatic nitrogens is 2. The molecule has 0 saturated carbocycles. The van der Waals surface area contributed by atoms with Gasteiger partial charge in [0, 0.05) is 12.2 Å². The summed E-state index contributed by atoms with van der Waals surface area (Å²) in [6.45, 7) is 9.49. The Labute approximate surface area is 120 Å². The van der Waals surface area contributed by atoms with Gasteiger partial charge >= 0.3 is 0 Å². The number of nitrogens with one attached hydrogen (secondary N) is 2. The first-order chi connectivity index (χ1) is 9.49. The highest BCUT2D eigenvalue weighted by atomic mass is 15.1. The average Bonchev–Trinajstić information content (AvgIpc) is 2.39. The Kier molecular flexibility index (Phi) is 4.23. The lowest BCUT2D eigenvalue weighted by Gasteiger charge is -2.19. The molecule has 0 amide bonds. The number of anilines is 3. The fourth-order valence-electron chi connectivity index (χ4n) is 1.89.